The predicted octanol–water partition coefficient (Wildman–Crippen LogP) is 3.02. The lowest BCUT2D eigenvalue weighted by Gasteiger charge is -2.21. The van der Waals surface area contributed by atoms with Crippen LogP contribution in [-0.4, -0.2) is 38.9 Å². The van der Waals surface area contributed by atoms with Gasteiger partial charge in [-0.2, -0.15) is 4.31 Å². The van der Waals surface area contributed by atoms with Gasteiger partial charge in [0.25, 0.3) is 0 Å². The van der Waals surface area contributed by atoms with E-state index in [-0.39, 0.29) is 23.6 Å². The summed E-state index contributed by atoms with van der Waals surface area (Å²) in [5, 5.41) is 0. The molecule has 0 N–H and O–H groups in total. The maximum atomic E-state index is 13.0. The summed E-state index contributed by atoms with van der Waals surface area (Å²) in [6.07, 6.45) is 4.39. The number of hydrogen-bond donors (Lipinski definition) is 0. The van der Waals surface area contributed by atoms with E-state index in [4.69, 9.17) is 9.15 Å². The van der Waals surface area contributed by atoms with E-state index in [9.17, 15) is 13.2 Å². The number of carbonyl (C=O) groups is 1. The van der Waals surface area contributed by atoms with Crippen molar-refractivity contribution in [3.8, 4) is 0 Å². The van der Waals surface area contributed by atoms with Crippen molar-refractivity contribution >= 4 is 22.1 Å². The highest BCUT2D eigenvalue weighted by Crippen LogP contribution is 2.19. The van der Waals surface area contributed by atoms with E-state index >= 15 is 0 Å². The molecule has 2 rings (SSSR count). The summed E-state index contributed by atoms with van der Waals surface area (Å²) < 4.78 is 37.1. The van der Waals surface area contributed by atoms with Crippen LogP contribution in [0, 0.1) is 6.92 Å². The minimum Gasteiger partial charge on any atom is -0.466 e. The average Bonchev–Trinajstić information content (AvgIpc) is 3.13. The minimum absolute atomic E-state index is 0.0443. The normalized spacial score (nSPS) is 12.2. The highest BCUT2D eigenvalue weighted by atomic mass is 32.2. The Morgan fingerprint density at radius 2 is 1.96 bits per heavy atom. The molecule has 0 bridgehead atoms. The molecule has 0 saturated carbocycles. The third kappa shape index (κ3) is 4.71. The number of nitrogens with zero attached hydrogens (tertiary/aromatic N) is 1. The van der Waals surface area contributed by atoms with Gasteiger partial charge >= 0.3 is 5.97 Å². The summed E-state index contributed by atoms with van der Waals surface area (Å²) in [4.78, 5) is 12.3. The largest absolute Gasteiger partial charge is 0.466 e. The highest BCUT2D eigenvalue weighted by molar-refractivity contribution is 7.89. The van der Waals surface area contributed by atoms with Crippen molar-refractivity contribution in [1.29, 1.82) is 0 Å². The van der Waals surface area contributed by atoms with E-state index < -0.39 is 16.0 Å². The smallest absolute Gasteiger partial charge is 0.335 e. The number of furan rings is 1. The molecule has 0 saturated heterocycles. The number of methoxy groups -OCH3 is 1. The minimum atomic E-state index is -3.81. The molecule has 7 heteroatoms. The fourth-order valence-electron chi connectivity index (χ4n) is 2.29. The zero-order chi connectivity index (χ0) is 19.2. The van der Waals surface area contributed by atoms with E-state index in [1.54, 1.807) is 24.3 Å². The van der Waals surface area contributed by atoms with Crippen molar-refractivity contribution < 1.29 is 22.4 Å². The lowest BCUT2D eigenvalue weighted by atomic mass is 10.2. The van der Waals surface area contributed by atoms with Gasteiger partial charge < -0.3 is 9.15 Å². The van der Waals surface area contributed by atoms with E-state index in [0.717, 1.165) is 9.87 Å². The Hall–Kier alpha value is -2.64. The summed E-state index contributed by atoms with van der Waals surface area (Å²) in [7, 11) is -2.57. The standard InChI is InChI=1S/C19H21NO5S/c1-4-11-20(26(22,23)18-9-7-15(2)8-10-18)14-16(19(21)24-3)13-17-6-5-12-25-17/h4-10,12-13H,1,11,14H2,2-3H3/b16-13+. The number of aryl methyl sites for hydroxylation is 1. The molecule has 0 atom stereocenters. The van der Waals surface area contributed by atoms with Gasteiger partial charge in [-0.25, -0.2) is 13.2 Å². The van der Waals surface area contributed by atoms with Gasteiger partial charge in [0.2, 0.25) is 10.0 Å². The molecule has 0 unspecified atom stereocenters. The van der Waals surface area contributed by atoms with Crippen LogP contribution in [0.5, 0.6) is 0 Å². The molecule has 1 heterocycles. The zero-order valence-corrected chi connectivity index (χ0v) is 15.5. The Kier molecular flexibility index (Phi) is 6.54. The van der Waals surface area contributed by atoms with Crippen LogP contribution in [0.4, 0.5) is 0 Å². The van der Waals surface area contributed by atoms with Crippen molar-refractivity contribution in [3.63, 3.8) is 0 Å². The summed E-state index contributed by atoms with van der Waals surface area (Å²) in [6.45, 7) is 5.36. The zero-order valence-electron chi connectivity index (χ0n) is 14.7. The number of sulfonamides is 1. The lowest BCUT2D eigenvalue weighted by molar-refractivity contribution is -0.136. The molecule has 0 aliphatic rings. The van der Waals surface area contributed by atoms with Crippen molar-refractivity contribution in [3.05, 3.63) is 72.2 Å². The summed E-state index contributed by atoms with van der Waals surface area (Å²) in [5.74, 6) is -0.203. The molecular formula is C19H21NO5S. The van der Waals surface area contributed by atoms with Crippen LogP contribution >= 0.6 is 0 Å². The lowest BCUT2D eigenvalue weighted by Crippen LogP contribution is -2.34. The van der Waals surface area contributed by atoms with E-state index in [0.29, 0.717) is 5.76 Å². The molecule has 1 aromatic carbocycles. The monoisotopic (exact) mass is 375 g/mol. The van der Waals surface area contributed by atoms with Crippen LogP contribution in [0.25, 0.3) is 6.08 Å². The second-order valence-corrected chi connectivity index (χ2v) is 7.51. The molecule has 0 aliphatic carbocycles. The number of esters is 1. The van der Waals surface area contributed by atoms with Gasteiger partial charge in [0.1, 0.15) is 5.76 Å². The number of carbonyl (C=O) groups excluding carboxylic acids is 1. The van der Waals surface area contributed by atoms with E-state index in [1.165, 1.54) is 37.7 Å². The topological polar surface area (TPSA) is 76.8 Å². The van der Waals surface area contributed by atoms with Crippen LogP contribution in [0.1, 0.15) is 11.3 Å². The second-order valence-electron chi connectivity index (χ2n) is 5.58. The number of rotatable bonds is 8. The third-order valence-electron chi connectivity index (χ3n) is 3.65. The van der Waals surface area contributed by atoms with Crippen LogP contribution in [0.15, 0.2) is 70.2 Å². The third-order valence-corrected chi connectivity index (χ3v) is 5.47. The van der Waals surface area contributed by atoms with Crippen LogP contribution in [0.3, 0.4) is 0 Å². The first kappa shape index (κ1) is 19.7. The van der Waals surface area contributed by atoms with E-state index in [2.05, 4.69) is 6.58 Å². The van der Waals surface area contributed by atoms with Gasteiger partial charge in [0, 0.05) is 13.1 Å². The Balaban J connectivity index is 2.39. The van der Waals surface area contributed by atoms with Crippen molar-refractivity contribution in [2.45, 2.75) is 11.8 Å². The van der Waals surface area contributed by atoms with Crippen molar-refractivity contribution in [2.75, 3.05) is 20.2 Å². The Morgan fingerprint density at radius 3 is 2.50 bits per heavy atom. The average molecular weight is 375 g/mol. The van der Waals surface area contributed by atoms with Gasteiger partial charge in [0.15, 0.2) is 0 Å². The number of hydrogen-bond acceptors (Lipinski definition) is 5. The van der Waals surface area contributed by atoms with Gasteiger partial charge in [-0.15, -0.1) is 6.58 Å². The fourth-order valence-corrected chi connectivity index (χ4v) is 3.68. The first-order valence-corrected chi connectivity index (χ1v) is 9.32. The van der Waals surface area contributed by atoms with Gasteiger partial charge in [-0.3, -0.25) is 0 Å². The first-order valence-electron chi connectivity index (χ1n) is 7.88. The Labute approximate surface area is 153 Å². The highest BCUT2D eigenvalue weighted by Gasteiger charge is 2.26. The molecule has 1 aromatic heterocycles. The molecule has 0 radical (unpaired) electrons. The molecule has 0 aliphatic heterocycles. The second kappa shape index (κ2) is 8.64. The molecule has 0 amide bonds. The molecule has 6 nitrogen and oxygen atoms in total. The molecular weight excluding hydrogens is 354 g/mol. The van der Waals surface area contributed by atoms with Gasteiger partial charge in [-0.05, 0) is 37.3 Å². The SMILES string of the molecule is C=CCN(C/C(=C\c1ccco1)C(=O)OC)S(=O)(=O)c1ccc(C)cc1. The van der Waals surface area contributed by atoms with Gasteiger partial charge in [0.05, 0.1) is 23.8 Å². The maximum absolute atomic E-state index is 13.0. The van der Waals surface area contributed by atoms with Crippen LogP contribution < -0.4 is 0 Å². The van der Waals surface area contributed by atoms with E-state index in [1.807, 2.05) is 6.92 Å². The maximum Gasteiger partial charge on any atom is 0.335 e. The number of benzene rings is 1. The first-order chi connectivity index (χ1) is 12.4. The van der Waals surface area contributed by atoms with Gasteiger partial charge in [-0.1, -0.05) is 23.8 Å². The predicted molar refractivity (Wildman–Crippen MR) is 98.8 cm³/mol. The summed E-state index contributed by atoms with van der Waals surface area (Å²) >= 11 is 0. The molecule has 26 heavy (non-hydrogen) atoms. The van der Waals surface area contributed by atoms with Crippen LogP contribution in [0.2, 0.25) is 0 Å². The van der Waals surface area contributed by atoms with Crippen molar-refractivity contribution in [2.24, 2.45) is 0 Å². The quantitative estimate of drug-likeness (QED) is 0.403. The summed E-state index contributed by atoms with van der Waals surface area (Å²) in [6, 6.07) is 9.85. The molecule has 2 aromatic rings. The molecule has 0 spiro atoms. The van der Waals surface area contributed by atoms with Crippen LogP contribution in [-0.2, 0) is 19.6 Å². The Bertz CT molecular complexity index is 881. The molecule has 0 fully saturated rings. The molecule has 138 valence electrons. The summed E-state index contributed by atoms with van der Waals surface area (Å²) in [5.41, 5.74) is 1.10. The number of ether oxygens (including phenoxy) is 1. The van der Waals surface area contributed by atoms with Crippen molar-refractivity contribution in [1.82, 2.24) is 4.31 Å². The fraction of sp³-hybridized carbons (Fsp3) is 0.211. The Morgan fingerprint density at radius 1 is 1.27 bits per heavy atom.